The van der Waals surface area contributed by atoms with Gasteiger partial charge in [-0.25, -0.2) is 23.3 Å². The molecular weight excluding hydrogens is 532 g/mol. The van der Waals surface area contributed by atoms with E-state index in [1.165, 1.54) is 19.1 Å². The van der Waals surface area contributed by atoms with Crippen molar-refractivity contribution in [1.82, 2.24) is 20.3 Å². The zero-order valence-electron chi connectivity index (χ0n) is 20.8. The fourth-order valence-corrected chi connectivity index (χ4v) is 5.36. The lowest BCUT2D eigenvalue weighted by Gasteiger charge is -2.31. The van der Waals surface area contributed by atoms with Crippen LogP contribution < -0.4 is 26.0 Å². The summed E-state index contributed by atoms with van der Waals surface area (Å²) in [5, 5.41) is 24.0. The van der Waals surface area contributed by atoms with E-state index in [0.717, 1.165) is 35.3 Å². The minimum atomic E-state index is -3.78. The Morgan fingerprint density at radius 2 is 1.89 bits per heavy atom. The molecule has 15 heteroatoms. The van der Waals surface area contributed by atoms with Gasteiger partial charge in [0.25, 0.3) is 0 Å². The molecule has 4 rings (SSSR count). The Bertz CT molecular complexity index is 1460. The number of nitrogens with one attached hydrogen (secondary N) is 3. The maximum Gasteiger partial charge on any atom is 0.347 e. The lowest BCUT2D eigenvalue weighted by molar-refractivity contribution is -0.118. The van der Waals surface area contributed by atoms with Gasteiger partial charge in [0.05, 0.1) is 10.6 Å². The van der Waals surface area contributed by atoms with Gasteiger partial charge in [-0.2, -0.15) is 9.97 Å². The Kier molecular flexibility index (Phi) is 8.08. The number of anilines is 4. The molecule has 202 valence electrons. The Balaban J connectivity index is 1.65. The largest absolute Gasteiger partial charge is 0.477 e. The van der Waals surface area contributed by atoms with E-state index in [4.69, 9.17) is 10.1 Å². The summed E-state index contributed by atoms with van der Waals surface area (Å²) >= 11 is 0.995. The molecule has 1 aromatic carbocycles. The molecule has 0 saturated heterocycles. The smallest absolute Gasteiger partial charge is 0.347 e. The number of rotatable bonds is 10. The summed E-state index contributed by atoms with van der Waals surface area (Å²) in [6, 6.07) is 6.38. The highest BCUT2D eigenvalue weighted by Gasteiger charge is 2.25. The number of aromatic nitrogens is 3. The van der Waals surface area contributed by atoms with Crippen LogP contribution in [0.2, 0.25) is 0 Å². The predicted molar refractivity (Wildman–Crippen MR) is 143 cm³/mol. The summed E-state index contributed by atoms with van der Waals surface area (Å²) in [5.41, 5.74) is 2.17. The van der Waals surface area contributed by atoms with E-state index in [0.29, 0.717) is 48.6 Å². The molecule has 0 radical (unpaired) electrons. The van der Waals surface area contributed by atoms with Crippen LogP contribution in [0, 0.1) is 6.92 Å². The van der Waals surface area contributed by atoms with Gasteiger partial charge in [-0.3, -0.25) is 10.1 Å². The molecule has 3 heterocycles. The first-order valence-corrected chi connectivity index (χ1v) is 14.1. The number of thiazole rings is 1. The molecule has 1 amide bonds. The number of carboxylic acid groups (broad SMARTS) is 1. The van der Waals surface area contributed by atoms with Crippen LogP contribution in [-0.2, 0) is 27.8 Å². The quantitative estimate of drug-likeness (QED) is 0.227. The molecule has 0 fully saturated rings. The molecule has 0 aliphatic carbocycles. The van der Waals surface area contributed by atoms with Crippen molar-refractivity contribution in [3.8, 4) is 0 Å². The Morgan fingerprint density at radius 1 is 1.16 bits per heavy atom. The molecule has 1 aliphatic heterocycles. The number of nitrogens with zero attached hydrogens (tertiary/aromatic N) is 4. The first-order chi connectivity index (χ1) is 18.0. The van der Waals surface area contributed by atoms with Crippen LogP contribution in [0.4, 0.5) is 22.7 Å². The van der Waals surface area contributed by atoms with Crippen molar-refractivity contribution in [3.05, 3.63) is 46.0 Å². The Hall–Kier alpha value is -3.82. The summed E-state index contributed by atoms with van der Waals surface area (Å²) in [4.78, 5) is 38.6. The molecule has 0 saturated carbocycles. The van der Waals surface area contributed by atoms with E-state index in [-0.39, 0.29) is 21.6 Å². The van der Waals surface area contributed by atoms with Gasteiger partial charge in [0, 0.05) is 38.7 Å². The lowest BCUT2D eigenvalue weighted by Crippen LogP contribution is -2.32. The van der Waals surface area contributed by atoms with Gasteiger partial charge >= 0.3 is 5.97 Å². The molecule has 6 N–H and O–H groups in total. The number of primary sulfonamides is 1. The van der Waals surface area contributed by atoms with E-state index in [1.807, 2.05) is 0 Å². The molecule has 3 aromatic rings. The van der Waals surface area contributed by atoms with Crippen LogP contribution in [0.5, 0.6) is 0 Å². The van der Waals surface area contributed by atoms with E-state index >= 15 is 0 Å². The van der Waals surface area contributed by atoms with Crippen LogP contribution >= 0.6 is 11.3 Å². The third-order valence-electron chi connectivity index (χ3n) is 5.77. The number of hydrogen-bond donors (Lipinski definition) is 5. The van der Waals surface area contributed by atoms with Crippen LogP contribution in [-0.4, -0.2) is 60.0 Å². The first-order valence-electron chi connectivity index (χ1n) is 11.7. The Labute approximate surface area is 223 Å². The van der Waals surface area contributed by atoms with Crippen LogP contribution in [0.15, 0.2) is 29.2 Å². The van der Waals surface area contributed by atoms with Crippen molar-refractivity contribution in [3.63, 3.8) is 0 Å². The van der Waals surface area contributed by atoms with Gasteiger partial charge < -0.3 is 20.6 Å². The summed E-state index contributed by atoms with van der Waals surface area (Å²) < 4.78 is 23.2. The van der Waals surface area contributed by atoms with Gasteiger partial charge in [0.2, 0.25) is 21.9 Å². The summed E-state index contributed by atoms with van der Waals surface area (Å²) in [7, 11) is -3.78. The van der Waals surface area contributed by atoms with Gasteiger partial charge in [-0.1, -0.05) is 23.5 Å². The lowest BCUT2D eigenvalue weighted by atomic mass is 10.0. The number of carbonyl (C=O) groups is 2. The average molecular weight is 561 g/mol. The van der Waals surface area contributed by atoms with Gasteiger partial charge in [0.15, 0.2) is 5.13 Å². The van der Waals surface area contributed by atoms with Crippen LogP contribution in [0.1, 0.15) is 39.8 Å². The van der Waals surface area contributed by atoms with Crippen molar-refractivity contribution in [2.24, 2.45) is 5.14 Å². The molecule has 2 aromatic heterocycles. The standard InChI is InChI=1S/C23H28N8O5S2/c1-13-18(21(33)34)37-23(27-13)30-22-28-19(26-10-9-25-14(2)32)17-4-3-11-31(20(17)29-22)12-15-5-7-16(8-6-15)38(24,35)36/h5-8H,3-4,9-12H2,1-2H3,(H,25,32)(H,33,34)(H2,24,35,36)(H2,26,27,28,29,30). The van der Waals surface area contributed by atoms with Crippen molar-refractivity contribution < 1.29 is 23.1 Å². The molecule has 0 atom stereocenters. The predicted octanol–water partition coefficient (Wildman–Crippen LogP) is 1.83. The van der Waals surface area contributed by atoms with Crippen LogP contribution in [0.25, 0.3) is 0 Å². The molecule has 13 nitrogen and oxygen atoms in total. The molecular formula is C23H28N8O5S2. The first kappa shape index (κ1) is 27.2. The number of carbonyl (C=O) groups excluding carboxylic acids is 1. The monoisotopic (exact) mass is 560 g/mol. The van der Waals surface area contributed by atoms with Crippen molar-refractivity contribution in [1.29, 1.82) is 0 Å². The fraction of sp³-hybridized carbons (Fsp3) is 0.348. The summed E-state index contributed by atoms with van der Waals surface area (Å²) in [6.07, 6.45) is 1.59. The maximum atomic E-state index is 11.6. The highest BCUT2D eigenvalue weighted by atomic mass is 32.2. The number of hydrogen-bond acceptors (Lipinski definition) is 11. The maximum absolute atomic E-state index is 11.6. The van der Waals surface area contributed by atoms with Crippen LogP contribution in [0.3, 0.4) is 0 Å². The molecule has 38 heavy (non-hydrogen) atoms. The number of benzene rings is 1. The summed E-state index contributed by atoms with van der Waals surface area (Å²) in [5.74, 6) is 0.348. The molecule has 0 spiro atoms. The SMILES string of the molecule is CC(=O)NCCNc1nc(Nc2nc(C)c(C(=O)O)s2)nc2c1CCCN2Cc1ccc(S(N)(=O)=O)cc1. The van der Waals surface area contributed by atoms with E-state index < -0.39 is 16.0 Å². The number of aromatic carboxylic acids is 1. The molecule has 0 unspecified atom stereocenters. The number of sulfonamides is 1. The number of nitrogens with two attached hydrogens (primary N) is 1. The number of aryl methyl sites for hydroxylation is 1. The van der Waals surface area contributed by atoms with Crippen molar-refractivity contribution in [2.45, 2.75) is 38.1 Å². The zero-order valence-corrected chi connectivity index (χ0v) is 22.4. The summed E-state index contributed by atoms with van der Waals surface area (Å²) in [6.45, 7) is 5.10. The third-order valence-corrected chi connectivity index (χ3v) is 7.76. The zero-order chi connectivity index (χ0) is 27.4. The van der Waals surface area contributed by atoms with E-state index in [1.54, 1.807) is 19.1 Å². The topological polar surface area (TPSA) is 193 Å². The van der Waals surface area contributed by atoms with E-state index in [9.17, 15) is 23.1 Å². The normalized spacial score (nSPS) is 13.1. The second kappa shape index (κ2) is 11.3. The average Bonchev–Trinajstić information content (AvgIpc) is 3.22. The van der Waals surface area contributed by atoms with Gasteiger partial charge in [0.1, 0.15) is 16.5 Å². The number of fused-ring (bicyclic) bond motifs is 1. The number of carboxylic acids is 1. The second-order valence-electron chi connectivity index (χ2n) is 8.69. The van der Waals surface area contributed by atoms with Gasteiger partial charge in [-0.05, 0) is 37.5 Å². The van der Waals surface area contributed by atoms with Gasteiger partial charge in [-0.15, -0.1) is 0 Å². The van der Waals surface area contributed by atoms with Crippen molar-refractivity contribution in [2.75, 3.05) is 35.2 Å². The fourth-order valence-electron chi connectivity index (χ4n) is 4.04. The highest BCUT2D eigenvalue weighted by Crippen LogP contribution is 2.34. The minimum Gasteiger partial charge on any atom is -0.477 e. The third kappa shape index (κ3) is 6.54. The molecule has 0 bridgehead atoms. The minimum absolute atomic E-state index is 0.0410. The molecule has 1 aliphatic rings. The number of amides is 1. The Morgan fingerprint density at radius 3 is 2.53 bits per heavy atom. The second-order valence-corrected chi connectivity index (χ2v) is 11.2. The highest BCUT2D eigenvalue weighted by molar-refractivity contribution is 7.89. The van der Waals surface area contributed by atoms with Crippen molar-refractivity contribution >= 4 is 56.0 Å². The van der Waals surface area contributed by atoms with E-state index in [2.05, 4.69) is 30.8 Å².